The number of hydrogen-bond donors (Lipinski definition) is 2. The van der Waals surface area contributed by atoms with Gasteiger partial charge in [0.15, 0.2) is 0 Å². The lowest BCUT2D eigenvalue weighted by Crippen LogP contribution is -1.97. The summed E-state index contributed by atoms with van der Waals surface area (Å²) in [5.41, 5.74) is 9.44. The molecule has 0 aliphatic carbocycles. The largest absolute Gasteiger partial charge is 0.368 e. The molecular weight excluding hydrogens is 294 g/mol. The van der Waals surface area contributed by atoms with Crippen LogP contribution in [0.1, 0.15) is 5.56 Å². The van der Waals surface area contributed by atoms with Gasteiger partial charge in [0.1, 0.15) is 4.60 Å². The van der Waals surface area contributed by atoms with Gasteiger partial charge in [-0.25, -0.2) is 15.0 Å². The van der Waals surface area contributed by atoms with Gasteiger partial charge < -0.3 is 10.7 Å². The van der Waals surface area contributed by atoms with Crippen LogP contribution in [0.15, 0.2) is 29.3 Å². The van der Waals surface area contributed by atoms with E-state index in [1.807, 2.05) is 19.2 Å². The molecule has 3 aromatic heterocycles. The highest BCUT2D eigenvalue weighted by atomic mass is 79.9. The Hall–Kier alpha value is -1.95. The number of nitrogen functional groups attached to an aromatic ring is 1. The molecule has 0 bridgehead atoms. The molecule has 3 heterocycles. The second-order valence-corrected chi connectivity index (χ2v) is 4.83. The maximum atomic E-state index is 5.65. The summed E-state index contributed by atoms with van der Waals surface area (Å²) in [5, 5.41) is 1.05. The zero-order valence-electron chi connectivity index (χ0n) is 9.61. The van der Waals surface area contributed by atoms with Crippen molar-refractivity contribution in [2.75, 3.05) is 5.73 Å². The van der Waals surface area contributed by atoms with Crippen molar-refractivity contribution in [1.29, 1.82) is 0 Å². The van der Waals surface area contributed by atoms with E-state index in [0.717, 1.165) is 32.3 Å². The highest BCUT2D eigenvalue weighted by Gasteiger charge is 2.11. The number of nitrogens with one attached hydrogen (secondary N) is 1. The van der Waals surface area contributed by atoms with E-state index < -0.39 is 0 Å². The predicted molar refractivity (Wildman–Crippen MR) is 74.0 cm³/mol. The van der Waals surface area contributed by atoms with Gasteiger partial charge in [-0.05, 0) is 34.5 Å². The molecule has 0 aromatic carbocycles. The standard InChI is InChI=1S/C12H10BrN5/c1-6-3-17-12(14)18-11(6)8-4-15-9-5-16-10(13)2-7(8)9/h2-5,15H,1H3,(H2,14,17,18). The molecule has 0 saturated heterocycles. The maximum Gasteiger partial charge on any atom is 0.220 e. The van der Waals surface area contributed by atoms with Crippen molar-refractivity contribution in [1.82, 2.24) is 19.9 Å². The molecule has 5 nitrogen and oxygen atoms in total. The van der Waals surface area contributed by atoms with E-state index in [1.165, 1.54) is 0 Å². The molecule has 90 valence electrons. The number of hydrogen-bond acceptors (Lipinski definition) is 4. The van der Waals surface area contributed by atoms with E-state index in [9.17, 15) is 0 Å². The summed E-state index contributed by atoms with van der Waals surface area (Å²) >= 11 is 3.37. The van der Waals surface area contributed by atoms with Crippen LogP contribution in [-0.4, -0.2) is 19.9 Å². The predicted octanol–water partition coefficient (Wildman–Crippen LogP) is 2.67. The van der Waals surface area contributed by atoms with Crippen molar-refractivity contribution in [3.63, 3.8) is 0 Å². The number of aromatic nitrogens is 4. The van der Waals surface area contributed by atoms with E-state index in [-0.39, 0.29) is 5.95 Å². The maximum absolute atomic E-state index is 5.65. The molecule has 0 fully saturated rings. The van der Waals surface area contributed by atoms with E-state index in [1.54, 1.807) is 12.4 Å². The van der Waals surface area contributed by atoms with Gasteiger partial charge in [0.05, 0.1) is 17.4 Å². The van der Waals surface area contributed by atoms with Gasteiger partial charge in [-0.2, -0.15) is 0 Å². The van der Waals surface area contributed by atoms with Crippen molar-refractivity contribution in [3.8, 4) is 11.3 Å². The molecule has 0 aliphatic heterocycles. The molecule has 0 spiro atoms. The van der Waals surface area contributed by atoms with E-state index in [2.05, 4.69) is 35.9 Å². The highest BCUT2D eigenvalue weighted by molar-refractivity contribution is 9.10. The number of nitrogens with zero attached hydrogens (tertiary/aromatic N) is 3. The van der Waals surface area contributed by atoms with E-state index in [0.29, 0.717) is 0 Å². The third-order valence-electron chi connectivity index (χ3n) is 2.78. The van der Waals surface area contributed by atoms with Crippen molar-refractivity contribution in [3.05, 3.63) is 34.8 Å². The number of aromatic amines is 1. The number of nitrogens with two attached hydrogens (primary N) is 1. The Labute approximate surface area is 112 Å². The van der Waals surface area contributed by atoms with Gasteiger partial charge in [0, 0.05) is 23.3 Å². The molecular formula is C12H10BrN5. The lowest BCUT2D eigenvalue weighted by Gasteiger charge is -2.04. The molecule has 0 atom stereocenters. The number of H-pyrrole nitrogens is 1. The molecule has 18 heavy (non-hydrogen) atoms. The molecule has 0 aliphatic rings. The highest BCUT2D eigenvalue weighted by Crippen LogP contribution is 2.30. The first kappa shape index (κ1) is 11.2. The molecule has 0 unspecified atom stereocenters. The third-order valence-corrected chi connectivity index (χ3v) is 3.21. The van der Waals surface area contributed by atoms with Crippen molar-refractivity contribution < 1.29 is 0 Å². The topological polar surface area (TPSA) is 80.5 Å². The molecule has 3 N–H and O–H groups in total. The van der Waals surface area contributed by atoms with Crippen LogP contribution in [-0.2, 0) is 0 Å². The summed E-state index contributed by atoms with van der Waals surface area (Å²) in [6.45, 7) is 1.96. The number of pyridine rings is 1. The number of fused-ring (bicyclic) bond motifs is 1. The van der Waals surface area contributed by atoms with Crippen LogP contribution in [0.2, 0.25) is 0 Å². The van der Waals surface area contributed by atoms with Crippen LogP contribution < -0.4 is 5.73 Å². The number of rotatable bonds is 1. The normalized spacial score (nSPS) is 11.0. The van der Waals surface area contributed by atoms with Crippen LogP contribution in [0, 0.1) is 6.92 Å². The third kappa shape index (κ3) is 1.74. The van der Waals surface area contributed by atoms with Crippen molar-refractivity contribution in [2.45, 2.75) is 6.92 Å². The Morgan fingerprint density at radius 3 is 2.94 bits per heavy atom. The summed E-state index contributed by atoms with van der Waals surface area (Å²) < 4.78 is 0.788. The SMILES string of the molecule is Cc1cnc(N)nc1-c1c[nH]c2cnc(Br)cc12. The first-order chi connectivity index (χ1) is 8.65. The monoisotopic (exact) mass is 303 g/mol. The fourth-order valence-corrected chi connectivity index (χ4v) is 2.25. The Morgan fingerprint density at radius 2 is 2.11 bits per heavy atom. The lowest BCUT2D eigenvalue weighted by molar-refractivity contribution is 1.15. The summed E-state index contributed by atoms with van der Waals surface area (Å²) in [7, 11) is 0. The Kier molecular flexibility index (Phi) is 2.52. The van der Waals surface area contributed by atoms with Crippen LogP contribution in [0.3, 0.4) is 0 Å². The van der Waals surface area contributed by atoms with Gasteiger partial charge in [0.2, 0.25) is 5.95 Å². The quantitative estimate of drug-likeness (QED) is 0.677. The summed E-state index contributed by atoms with van der Waals surface area (Å²) in [4.78, 5) is 15.6. The van der Waals surface area contributed by atoms with Crippen LogP contribution in [0.4, 0.5) is 5.95 Å². The van der Waals surface area contributed by atoms with Gasteiger partial charge in [-0.3, -0.25) is 0 Å². The fourth-order valence-electron chi connectivity index (χ4n) is 1.92. The second kappa shape index (κ2) is 4.06. The smallest absolute Gasteiger partial charge is 0.220 e. The van der Waals surface area contributed by atoms with Crippen LogP contribution in [0.5, 0.6) is 0 Å². The fraction of sp³-hybridized carbons (Fsp3) is 0.0833. The lowest BCUT2D eigenvalue weighted by atomic mass is 10.1. The van der Waals surface area contributed by atoms with E-state index >= 15 is 0 Å². The first-order valence-corrected chi connectivity index (χ1v) is 6.16. The Balaban J connectivity index is 2.31. The van der Waals surface area contributed by atoms with Crippen LogP contribution >= 0.6 is 15.9 Å². The molecule has 6 heteroatoms. The molecule has 0 amide bonds. The first-order valence-electron chi connectivity index (χ1n) is 5.37. The minimum absolute atomic E-state index is 0.276. The minimum Gasteiger partial charge on any atom is -0.368 e. The van der Waals surface area contributed by atoms with Gasteiger partial charge >= 0.3 is 0 Å². The van der Waals surface area contributed by atoms with Crippen molar-refractivity contribution in [2.24, 2.45) is 0 Å². The summed E-state index contributed by atoms with van der Waals surface area (Å²) in [6.07, 6.45) is 5.42. The summed E-state index contributed by atoms with van der Waals surface area (Å²) in [5.74, 6) is 0.276. The molecule has 3 aromatic rings. The second-order valence-electron chi connectivity index (χ2n) is 4.01. The molecule has 0 saturated carbocycles. The number of halogens is 1. The molecule has 0 radical (unpaired) electrons. The molecule has 3 rings (SSSR count). The van der Waals surface area contributed by atoms with Gasteiger partial charge in [-0.1, -0.05) is 0 Å². The Bertz CT molecular complexity index is 734. The van der Waals surface area contributed by atoms with Gasteiger partial charge in [-0.15, -0.1) is 0 Å². The van der Waals surface area contributed by atoms with Crippen molar-refractivity contribution >= 4 is 32.8 Å². The number of aryl methyl sites for hydroxylation is 1. The number of anilines is 1. The zero-order chi connectivity index (χ0) is 12.7. The van der Waals surface area contributed by atoms with Crippen LogP contribution in [0.25, 0.3) is 22.2 Å². The minimum atomic E-state index is 0.276. The average Bonchev–Trinajstić information content (AvgIpc) is 2.75. The summed E-state index contributed by atoms with van der Waals surface area (Å²) in [6, 6.07) is 1.96. The Morgan fingerprint density at radius 1 is 1.28 bits per heavy atom. The van der Waals surface area contributed by atoms with E-state index in [4.69, 9.17) is 5.73 Å². The van der Waals surface area contributed by atoms with Gasteiger partial charge in [0.25, 0.3) is 0 Å². The average molecular weight is 304 g/mol. The zero-order valence-corrected chi connectivity index (χ0v) is 11.2.